The maximum Gasteiger partial charge on any atom is 0.254 e. The topological polar surface area (TPSA) is 44.8 Å². The van der Waals surface area contributed by atoms with Gasteiger partial charge in [-0.3, -0.25) is 9.69 Å². The predicted octanol–water partition coefficient (Wildman–Crippen LogP) is 4.33. The fourth-order valence-corrected chi connectivity index (χ4v) is 4.61. The molecular weight excluding hydrogens is 390 g/mol. The minimum Gasteiger partial charge on any atom is -0.495 e. The number of carbonyl (C=O) groups is 1. The van der Waals surface area contributed by atoms with E-state index in [2.05, 4.69) is 5.32 Å². The molecule has 1 N–H and O–H groups in total. The number of methoxy groups -OCH3 is 1. The highest BCUT2D eigenvalue weighted by Gasteiger charge is 2.37. The van der Waals surface area contributed by atoms with Crippen molar-refractivity contribution in [2.45, 2.75) is 26.8 Å². The Kier molecular flexibility index (Phi) is 6.36. The summed E-state index contributed by atoms with van der Waals surface area (Å²) < 4.78 is 5.53. The van der Waals surface area contributed by atoms with Crippen LogP contribution in [0.3, 0.4) is 0 Å². The Labute approximate surface area is 175 Å². The molecule has 148 valence electrons. The molecule has 1 amide bonds. The first-order valence-corrected chi connectivity index (χ1v) is 10.6. The number of carbonyl (C=O) groups excluding carboxylic acids is 1. The lowest BCUT2D eigenvalue weighted by atomic mass is 9.98. The van der Waals surface area contributed by atoms with Gasteiger partial charge in [0.25, 0.3) is 5.91 Å². The summed E-state index contributed by atoms with van der Waals surface area (Å²) in [6.45, 7) is 7.26. The molecule has 1 aliphatic rings. The third kappa shape index (κ3) is 3.64. The number of nitrogens with zero attached hydrogens (tertiary/aromatic N) is 2. The van der Waals surface area contributed by atoms with Crippen LogP contribution >= 0.6 is 23.6 Å². The number of nitrogens with one attached hydrogen (secondary N) is 1. The summed E-state index contributed by atoms with van der Waals surface area (Å²) >= 11 is 7.33. The zero-order chi connectivity index (χ0) is 20.3. The fourth-order valence-electron chi connectivity index (χ4n) is 3.47. The standard InChI is InChI=1S/C21H25N3O2S2/c1-5-23(6-2)20(25)18-14(3)24(15-10-7-8-11-16(15)26-4)21(27)22-19(18)17-12-9-13-28-17/h7-13,19H,5-6H2,1-4H3,(H,22,27)/t19-/m0/s1. The van der Waals surface area contributed by atoms with E-state index in [9.17, 15) is 4.79 Å². The largest absolute Gasteiger partial charge is 0.495 e. The summed E-state index contributed by atoms with van der Waals surface area (Å²) in [6.07, 6.45) is 0. The van der Waals surface area contributed by atoms with Gasteiger partial charge >= 0.3 is 0 Å². The number of allylic oxidation sites excluding steroid dienone is 1. The number of rotatable bonds is 6. The zero-order valence-electron chi connectivity index (χ0n) is 16.6. The van der Waals surface area contributed by atoms with Crippen molar-refractivity contribution >= 4 is 40.3 Å². The van der Waals surface area contributed by atoms with E-state index >= 15 is 0 Å². The van der Waals surface area contributed by atoms with Crippen molar-refractivity contribution in [3.8, 4) is 5.75 Å². The zero-order valence-corrected chi connectivity index (χ0v) is 18.2. The van der Waals surface area contributed by atoms with Crippen molar-refractivity contribution < 1.29 is 9.53 Å². The van der Waals surface area contributed by atoms with Crippen molar-refractivity contribution in [3.05, 3.63) is 57.9 Å². The second kappa shape index (κ2) is 8.75. The number of thiophene rings is 1. The number of amides is 1. The molecule has 0 unspecified atom stereocenters. The van der Waals surface area contributed by atoms with Gasteiger partial charge in [0.05, 0.1) is 24.4 Å². The van der Waals surface area contributed by atoms with E-state index < -0.39 is 0 Å². The van der Waals surface area contributed by atoms with E-state index in [1.54, 1.807) is 18.4 Å². The van der Waals surface area contributed by atoms with Crippen molar-refractivity contribution in [1.29, 1.82) is 0 Å². The summed E-state index contributed by atoms with van der Waals surface area (Å²) in [7, 11) is 1.63. The van der Waals surface area contributed by atoms with Gasteiger partial charge in [-0.2, -0.15) is 0 Å². The maximum atomic E-state index is 13.4. The van der Waals surface area contributed by atoms with Crippen LogP contribution in [0.5, 0.6) is 5.75 Å². The van der Waals surface area contributed by atoms with Gasteiger partial charge < -0.3 is 15.0 Å². The summed E-state index contributed by atoms with van der Waals surface area (Å²) in [5.74, 6) is 0.728. The quantitative estimate of drug-likeness (QED) is 0.712. The molecule has 1 atom stereocenters. The summed E-state index contributed by atoms with van der Waals surface area (Å²) in [5, 5.41) is 5.96. The van der Waals surface area contributed by atoms with Crippen LogP contribution in [0, 0.1) is 0 Å². The lowest BCUT2D eigenvalue weighted by Crippen LogP contribution is -2.49. The molecule has 0 saturated heterocycles. The van der Waals surface area contributed by atoms with Gasteiger partial charge in [-0.15, -0.1) is 11.3 Å². The van der Waals surface area contributed by atoms with E-state index in [4.69, 9.17) is 17.0 Å². The number of anilines is 1. The summed E-state index contributed by atoms with van der Waals surface area (Å²) in [4.78, 5) is 18.3. The lowest BCUT2D eigenvalue weighted by molar-refractivity contribution is -0.127. The molecule has 2 heterocycles. The number of hydrogen-bond donors (Lipinski definition) is 1. The first-order chi connectivity index (χ1) is 13.5. The monoisotopic (exact) mass is 415 g/mol. The molecule has 0 bridgehead atoms. The molecule has 1 aromatic heterocycles. The van der Waals surface area contributed by atoms with Crippen molar-refractivity contribution in [3.63, 3.8) is 0 Å². The van der Waals surface area contributed by atoms with E-state index in [-0.39, 0.29) is 11.9 Å². The van der Waals surface area contributed by atoms with Crippen LogP contribution in [0.1, 0.15) is 31.7 Å². The van der Waals surface area contributed by atoms with Crippen LogP contribution in [-0.2, 0) is 4.79 Å². The Morgan fingerprint density at radius 1 is 1.25 bits per heavy atom. The van der Waals surface area contributed by atoms with E-state index in [0.717, 1.165) is 16.3 Å². The van der Waals surface area contributed by atoms with Gasteiger partial charge in [0, 0.05) is 23.7 Å². The van der Waals surface area contributed by atoms with Crippen LogP contribution in [0.15, 0.2) is 53.0 Å². The van der Waals surface area contributed by atoms with Crippen LogP contribution < -0.4 is 15.0 Å². The molecule has 1 aromatic carbocycles. The van der Waals surface area contributed by atoms with Gasteiger partial charge in [-0.25, -0.2) is 0 Å². The molecule has 3 rings (SSSR count). The molecule has 0 radical (unpaired) electrons. The molecule has 0 fully saturated rings. The van der Waals surface area contributed by atoms with Crippen LogP contribution in [0.2, 0.25) is 0 Å². The number of hydrogen-bond acceptors (Lipinski definition) is 4. The molecule has 2 aromatic rings. The molecule has 0 spiro atoms. The average Bonchev–Trinajstić information content (AvgIpc) is 3.23. The second-order valence-electron chi connectivity index (χ2n) is 6.38. The maximum absolute atomic E-state index is 13.4. The molecule has 0 aliphatic carbocycles. The Morgan fingerprint density at radius 3 is 2.57 bits per heavy atom. The molecule has 28 heavy (non-hydrogen) atoms. The smallest absolute Gasteiger partial charge is 0.254 e. The third-order valence-corrected chi connectivity index (χ3v) is 6.16. The first-order valence-electron chi connectivity index (χ1n) is 9.30. The van der Waals surface area contributed by atoms with E-state index in [1.165, 1.54) is 0 Å². The Morgan fingerprint density at radius 2 is 1.96 bits per heavy atom. The average molecular weight is 416 g/mol. The van der Waals surface area contributed by atoms with E-state index in [1.807, 2.05) is 72.3 Å². The van der Waals surface area contributed by atoms with Crippen molar-refractivity contribution in [2.24, 2.45) is 0 Å². The Hall–Kier alpha value is -2.38. The first kappa shape index (κ1) is 20.4. The Balaban J connectivity index is 2.18. The van der Waals surface area contributed by atoms with Crippen molar-refractivity contribution in [1.82, 2.24) is 10.2 Å². The van der Waals surface area contributed by atoms with E-state index in [0.29, 0.717) is 29.5 Å². The van der Waals surface area contributed by atoms with Gasteiger partial charge in [-0.05, 0) is 56.6 Å². The Bertz CT molecular complexity index is 889. The molecular formula is C21H25N3O2S2. The second-order valence-corrected chi connectivity index (χ2v) is 7.75. The molecule has 0 saturated carbocycles. The minimum atomic E-state index is -0.258. The van der Waals surface area contributed by atoms with Crippen LogP contribution in [0.4, 0.5) is 5.69 Å². The molecule has 7 heteroatoms. The SMILES string of the molecule is CCN(CC)C(=O)C1=C(C)N(c2ccccc2OC)C(=S)N[C@H]1c1cccs1. The van der Waals surface area contributed by atoms with Gasteiger partial charge in [-0.1, -0.05) is 18.2 Å². The summed E-state index contributed by atoms with van der Waals surface area (Å²) in [5.41, 5.74) is 2.35. The predicted molar refractivity (Wildman–Crippen MR) is 119 cm³/mol. The number of para-hydroxylation sites is 2. The summed E-state index contributed by atoms with van der Waals surface area (Å²) in [6, 6.07) is 11.5. The lowest BCUT2D eigenvalue weighted by Gasteiger charge is -2.39. The van der Waals surface area contributed by atoms with Crippen LogP contribution in [-0.4, -0.2) is 36.1 Å². The van der Waals surface area contributed by atoms with Gasteiger partial charge in [0.1, 0.15) is 5.75 Å². The number of ether oxygens (including phenoxy) is 1. The highest BCUT2D eigenvalue weighted by molar-refractivity contribution is 7.80. The highest BCUT2D eigenvalue weighted by Crippen LogP contribution is 2.39. The molecule has 1 aliphatic heterocycles. The number of thiocarbonyl (C=S) groups is 1. The van der Waals surface area contributed by atoms with Crippen LogP contribution in [0.25, 0.3) is 0 Å². The fraction of sp³-hybridized carbons (Fsp3) is 0.333. The van der Waals surface area contributed by atoms with Gasteiger partial charge in [0.2, 0.25) is 0 Å². The highest BCUT2D eigenvalue weighted by atomic mass is 32.1. The number of benzene rings is 1. The van der Waals surface area contributed by atoms with Crippen molar-refractivity contribution in [2.75, 3.05) is 25.1 Å². The number of likely N-dealkylation sites (N-methyl/N-ethyl adjacent to an activating group) is 1. The molecule has 5 nitrogen and oxygen atoms in total. The third-order valence-electron chi connectivity index (χ3n) is 4.92. The minimum absolute atomic E-state index is 0.0239. The normalized spacial score (nSPS) is 16.8. The van der Waals surface area contributed by atoms with Gasteiger partial charge in [0.15, 0.2) is 5.11 Å².